The molecule has 0 heterocycles. The monoisotopic (exact) mass is 441 g/mol. The number of halogens is 1. The van der Waals surface area contributed by atoms with E-state index in [-0.39, 0.29) is 11.7 Å². The van der Waals surface area contributed by atoms with E-state index in [1.54, 1.807) is 42.5 Å². The van der Waals surface area contributed by atoms with Gasteiger partial charge in [0.1, 0.15) is 5.82 Å². The van der Waals surface area contributed by atoms with Crippen LogP contribution >= 0.6 is 0 Å². The molecule has 162 valence electrons. The maximum absolute atomic E-state index is 13.3. The van der Waals surface area contributed by atoms with Crippen molar-refractivity contribution in [1.82, 2.24) is 0 Å². The number of carbonyl (C=O) groups is 1. The summed E-state index contributed by atoms with van der Waals surface area (Å²) in [4.78, 5) is 14.9. The van der Waals surface area contributed by atoms with Crippen LogP contribution in [0.15, 0.2) is 66.7 Å². The number of amides is 1. The van der Waals surface area contributed by atoms with E-state index in [1.807, 2.05) is 31.1 Å². The summed E-state index contributed by atoms with van der Waals surface area (Å²) in [6, 6.07) is 18.1. The highest BCUT2D eigenvalue weighted by Crippen LogP contribution is 2.33. The van der Waals surface area contributed by atoms with Crippen molar-refractivity contribution in [3.63, 3.8) is 0 Å². The molecule has 31 heavy (non-hydrogen) atoms. The summed E-state index contributed by atoms with van der Waals surface area (Å²) in [6.45, 7) is 0. The highest BCUT2D eigenvalue weighted by Gasteiger charge is 2.20. The van der Waals surface area contributed by atoms with Crippen molar-refractivity contribution in [3.8, 4) is 11.1 Å². The zero-order valence-corrected chi connectivity index (χ0v) is 18.6. The van der Waals surface area contributed by atoms with E-state index in [2.05, 4.69) is 5.32 Å². The van der Waals surface area contributed by atoms with Gasteiger partial charge in [0.15, 0.2) is 0 Å². The molecular formula is C23H24FN3O3S. The van der Waals surface area contributed by atoms with Crippen molar-refractivity contribution in [2.45, 2.75) is 0 Å². The Labute approximate surface area is 182 Å². The van der Waals surface area contributed by atoms with Crippen molar-refractivity contribution in [2.24, 2.45) is 0 Å². The molecule has 8 heteroatoms. The van der Waals surface area contributed by atoms with Crippen molar-refractivity contribution in [1.29, 1.82) is 0 Å². The summed E-state index contributed by atoms with van der Waals surface area (Å²) >= 11 is 0. The van der Waals surface area contributed by atoms with Crippen LogP contribution in [-0.4, -0.2) is 41.7 Å². The number of hydrogen-bond donors (Lipinski definition) is 1. The standard InChI is InChI=1S/C23H24FN3O3S/c1-26(2)21-8-6-5-7-19(21)23(28)25-20-15-17(16-9-12-18(24)13-10-16)11-14-22(20)27(3)31(4,29)30/h5-15H,1-4H3,(H,25,28). The minimum Gasteiger partial charge on any atom is -0.377 e. The molecule has 0 radical (unpaired) electrons. The van der Waals surface area contributed by atoms with E-state index < -0.39 is 10.0 Å². The van der Waals surface area contributed by atoms with Crippen molar-refractivity contribution < 1.29 is 17.6 Å². The molecule has 3 rings (SSSR count). The first-order chi connectivity index (χ1) is 14.6. The molecule has 0 aliphatic rings. The minimum atomic E-state index is -3.56. The third kappa shape index (κ3) is 5.03. The van der Waals surface area contributed by atoms with Crippen LogP contribution in [0.2, 0.25) is 0 Å². The zero-order valence-electron chi connectivity index (χ0n) is 17.8. The van der Waals surface area contributed by atoms with Crippen molar-refractivity contribution in [2.75, 3.05) is 41.9 Å². The molecule has 1 N–H and O–H groups in total. The van der Waals surface area contributed by atoms with E-state index in [1.165, 1.54) is 19.2 Å². The Kier molecular flexibility index (Phi) is 6.31. The fourth-order valence-corrected chi connectivity index (χ4v) is 3.67. The summed E-state index contributed by atoms with van der Waals surface area (Å²) in [5, 5.41) is 2.85. The fraction of sp³-hybridized carbons (Fsp3) is 0.174. The Balaban J connectivity index is 2.08. The number of sulfonamides is 1. The average Bonchev–Trinajstić information content (AvgIpc) is 2.73. The maximum atomic E-state index is 13.3. The van der Waals surface area contributed by atoms with Gasteiger partial charge in [0.25, 0.3) is 5.91 Å². The first kappa shape index (κ1) is 22.3. The highest BCUT2D eigenvalue weighted by atomic mass is 32.2. The minimum absolute atomic E-state index is 0.323. The second-order valence-corrected chi connectivity index (χ2v) is 9.35. The molecule has 0 aromatic heterocycles. The second-order valence-electron chi connectivity index (χ2n) is 7.34. The highest BCUT2D eigenvalue weighted by molar-refractivity contribution is 7.92. The van der Waals surface area contributed by atoms with Crippen LogP contribution in [0.5, 0.6) is 0 Å². The summed E-state index contributed by atoms with van der Waals surface area (Å²) in [7, 11) is 1.54. The number of carbonyl (C=O) groups excluding carboxylic acids is 1. The van der Waals surface area contributed by atoms with Crippen molar-refractivity contribution >= 4 is 33.0 Å². The molecule has 0 aliphatic carbocycles. The van der Waals surface area contributed by atoms with Gasteiger partial charge < -0.3 is 10.2 Å². The average molecular weight is 442 g/mol. The van der Waals surface area contributed by atoms with Crippen LogP contribution < -0.4 is 14.5 Å². The smallest absolute Gasteiger partial charge is 0.257 e. The lowest BCUT2D eigenvalue weighted by atomic mass is 10.0. The van der Waals surface area contributed by atoms with Gasteiger partial charge in [-0.2, -0.15) is 0 Å². The molecule has 3 aromatic carbocycles. The molecule has 0 spiro atoms. The predicted octanol–water partition coefficient (Wildman–Crippen LogP) is 4.21. The van der Waals surface area contributed by atoms with Gasteiger partial charge in [0.05, 0.1) is 23.2 Å². The lowest BCUT2D eigenvalue weighted by molar-refractivity contribution is 0.102. The number of benzene rings is 3. The largest absolute Gasteiger partial charge is 0.377 e. The Hall–Kier alpha value is -3.39. The first-order valence-electron chi connectivity index (χ1n) is 9.49. The number of nitrogens with zero attached hydrogens (tertiary/aromatic N) is 2. The normalized spacial score (nSPS) is 11.1. The SMILES string of the molecule is CN(C)c1ccccc1C(=O)Nc1cc(-c2ccc(F)cc2)ccc1N(C)S(C)(=O)=O. The van der Waals surface area contributed by atoms with Crippen LogP contribution in [-0.2, 0) is 10.0 Å². The van der Waals surface area contributed by atoms with E-state index >= 15 is 0 Å². The molecule has 6 nitrogen and oxygen atoms in total. The van der Waals surface area contributed by atoms with Gasteiger partial charge >= 0.3 is 0 Å². The Morgan fingerprint density at radius 2 is 1.48 bits per heavy atom. The zero-order chi connectivity index (χ0) is 22.8. The summed E-state index contributed by atoms with van der Waals surface area (Å²) in [5.74, 6) is -0.727. The van der Waals surface area contributed by atoms with E-state index in [0.29, 0.717) is 22.5 Å². The third-order valence-electron chi connectivity index (χ3n) is 4.89. The lowest BCUT2D eigenvalue weighted by Crippen LogP contribution is -2.26. The molecule has 0 fully saturated rings. The summed E-state index contributed by atoms with van der Waals surface area (Å²) in [5.41, 5.74) is 3.28. The van der Waals surface area contributed by atoms with Gasteiger partial charge in [-0.05, 0) is 47.5 Å². The van der Waals surface area contributed by atoms with Gasteiger partial charge in [0, 0.05) is 26.8 Å². The molecule has 1 amide bonds. The lowest BCUT2D eigenvalue weighted by Gasteiger charge is -2.22. The number of nitrogens with one attached hydrogen (secondary N) is 1. The predicted molar refractivity (Wildman–Crippen MR) is 124 cm³/mol. The van der Waals surface area contributed by atoms with Gasteiger partial charge in [-0.1, -0.05) is 30.3 Å². The number of rotatable bonds is 6. The van der Waals surface area contributed by atoms with Gasteiger partial charge in [-0.3, -0.25) is 9.10 Å². The third-order valence-corrected chi connectivity index (χ3v) is 6.08. The quantitative estimate of drug-likeness (QED) is 0.622. The van der Waals surface area contributed by atoms with Gasteiger partial charge in [-0.15, -0.1) is 0 Å². The number of para-hydroxylation sites is 1. The molecule has 0 saturated carbocycles. The van der Waals surface area contributed by atoms with E-state index in [9.17, 15) is 17.6 Å². The van der Waals surface area contributed by atoms with Crippen LogP contribution in [0.4, 0.5) is 21.5 Å². The number of hydrogen-bond acceptors (Lipinski definition) is 4. The molecule has 0 aliphatic heterocycles. The van der Waals surface area contributed by atoms with Gasteiger partial charge in [0.2, 0.25) is 10.0 Å². The summed E-state index contributed by atoms with van der Waals surface area (Å²) < 4.78 is 38.7. The number of anilines is 3. The molecule has 3 aromatic rings. The molecule has 0 saturated heterocycles. The van der Waals surface area contributed by atoms with Crippen molar-refractivity contribution in [3.05, 3.63) is 78.1 Å². The van der Waals surface area contributed by atoms with Crippen LogP contribution in [0.1, 0.15) is 10.4 Å². The topological polar surface area (TPSA) is 69.7 Å². The van der Waals surface area contributed by atoms with E-state index in [0.717, 1.165) is 21.8 Å². The Morgan fingerprint density at radius 1 is 0.871 bits per heavy atom. The van der Waals surface area contributed by atoms with Crippen LogP contribution in [0.25, 0.3) is 11.1 Å². The summed E-state index contributed by atoms with van der Waals surface area (Å²) in [6.07, 6.45) is 1.09. The molecular weight excluding hydrogens is 417 g/mol. The Morgan fingerprint density at radius 3 is 2.10 bits per heavy atom. The molecule has 0 atom stereocenters. The Bertz CT molecular complexity index is 1210. The second kappa shape index (κ2) is 8.77. The van der Waals surface area contributed by atoms with E-state index in [4.69, 9.17) is 0 Å². The fourth-order valence-electron chi connectivity index (χ4n) is 3.16. The van der Waals surface area contributed by atoms with Crippen LogP contribution in [0, 0.1) is 5.82 Å². The maximum Gasteiger partial charge on any atom is 0.257 e. The van der Waals surface area contributed by atoms with Gasteiger partial charge in [-0.25, -0.2) is 12.8 Å². The van der Waals surface area contributed by atoms with Crippen LogP contribution in [0.3, 0.4) is 0 Å². The molecule has 0 unspecified atom stereocenters. The first-order valence-corrected chi connectivity index (χ1v) is 11.3. The molecule has 0 bridgehead atoms.